The second-order valence-electron chi connectivity index (χ2n) is 4.03. The zero-order valence-electron chi connectivity index (χ0n) is 9.24. The van der Waals surface area contributed by atoms with E-state index in [-0.39, 0.29) is 11.6 Å². The van der Waals surface area contributed by atoms with Crippen molar-refractivity contribution in [3.63, 3.8) is 0 Å². The molecule has 4 heteroatoms. The number of hydrogen-bond acceptors (Lipinski definition) is 3. The zero-order valence-corrected chi connectivity index (χ0v) is 10.8. The third-order valence-electron chi connectivity index (χ3n) is 3.05. The molecule has 0 fully saturated rings. The highest BCUT2D eigenvalue weighted by Gasteiger charge is 2.30. The fourth-order valence-electron chi connectivity index (χ4n) is 2.22. The van der Waals surface area contributed by atoms with Crippen molar-refractivity contribution >= 4 is 33.4 Å². The molecule has 0 heterocycles. The Hall–Kier alpha value is -1.94. The Bertz CT molecular complexity index is 679. The van der Waals surface area contributed by atoms with Crippen LogP contribution in [0.5, 0.6) is 0 Å². The summed E-state index contributed by atoms with van der Waals surface area (Å²) < 4.78 is 2.78. The third kappa shape index (κ3) is 1.42. The van der Waals surface area contributed by atoms with Gasteiger partial charge in [0.2, 0.25) is 0 Å². The van der Waals surface area contributed by atoms with E-state index >= 15 is 0 Å². The van der Waals surface area contributed by atoms with Crippen LogP contribution in [0, 0.1) is 0 Å². The molecule has 0 atom stereocenters. The van der Waals surface area contributed by atoms with Gasteiger partial charge in [-0.3, -0.25) is 9.59 Å². The average Bonchev–Trinajstić information content (AvgIpc) is 2.44. The normalized spacial score (nSPS) is 12.9. The maximum absolute atomic E-state index is 12.4. The van der Waals surface area contributed by atoms with E-state index in [9.17, 15) is 9.59 Å². The van der Waals surface area contributed by atoms with Gasteiger partial charge in [0.05, 0.1) is 11.3 Å². The van der Waals surface area contributed by atoms with Crippen molar-refractivity contribution in [2.45, 2.75) is 0 Å². The van der Waals surface area contributed by atoms with Gasteiger partial charge in [-0.1, -0.05) is 36.4 Å². The smallest absolute Gasteiger partial charge is 0.196 e. The van der Waals surface area contributed by atoms with E-state index < -0.39 is 0 Å². The van der Waals surface area contributed by atoms with Crippen LogP contribution in [0.3, 0.4) is 0 Å². The molecule has 0 radical (unpaired) electrons. The highest BCUT2D eigenvalue weighted by atomic mass is 79.9. The number of rotatable bonds is 1. The number of ketones is 2. The van der Waals surface area contributed by atoms with Gasteiger partial charge in [-0.15, -0.1) is 0 Å². The molecule has 0 saturated carbocycles. The fourth-order valence-corrected chi connectivity index (χ4v) is 2.55. The first-order valence-corrected chi connectivity index (χ1v) is 6.21. The van der Waals surface area contributed by atoms with Gasteiger partial charge in [0.15, 0.2) is 11.6 Å². The summed E-state index contributed by atoms with van der Waals surface area (Å²) in [6.07, 6.45) is 0. The SMILES string of the molecule is O=C1c2ccccc2C(=O)c2c(NBr)cccc21. The Morgan fingerprint density at radius 1 is 0.778 bits per heavy atom. The lowest BCUT2D eigenvalue weighted by Crippen LogP contribution is -2.21. The lowest BCUT2D eigenvalue weighted by Gasteiger charge is -2.19. The first kappa shape index (κ1) is 11.2. The number of carbonyl (C=O) groups excluding carboxylic acids is 2. The van der Waals surface area contributed by atoms with E-state index in [4.69, 9.17) is 0 Å². The van der Waals surface area contributed by atoms with Crippen molar-refractivity contribution in [1.82, 2.24) is 0 Å². The van der Waals surface area contributed by atoms with Crippen molar-refractivity contribution in [2.75, 3.05) is 4.34 Å². The van der Waals surface area contributed by atoms with Gasteiger partial charge in [-0.05, 0) is 6.07 Å². The number of benzene rings is 2. The van der Waals surface area contributed by atoms with Crippen molar-refractivity contribution < 1.29 is 9.59 Å². The molecule has 18 heavy (non-hydrogen) atoms. The molecule has 1 aliphatic rings. The summed E-state index contributed by atoms with van der Waals surface area (Å²) >= 11 is 3.11. The topological polar surface area (TPSA) is 46.2 Å². The van der Waals surface area contributed by atoms with Crippen molar-refractivity contribution in [3.05, 3.63) is 64.7 Å². The average molecular weight is 302 g/mol. The molecule has 0 spiro atoms. The minimum absolute atomic E-state index is 0.107. The van der Waals surface area contributed by atoms with Gasteiger partial charge in [0, 0.05) is 32.8 Å². The molecule has 1 aliphatic carbocycles. The molecule has 88 valence electrons. The number of hydrogen-bond donors (Lipinski definition) is 1. The molecular weight excluding hydrogens is 294 g/mol. The van der Waals surface area contributed by atoms with Crippen LogP contribution in [-0.4, -0.2) is 11.6 Å². The van der Waals surface area contributed by atoms with Crippen LogP contribution in [0.25, 0.3) is 0 Å². The van der Waals surface area contributed by atoms with Crippen LogP contribution < -0.4 is 4.34 Å². The predicted molar refractivity (Wildman–Crippen MR) is 72.3 cm³/mol. The second kappa shape index (κ2) is 4.07. The number of anilines is 1. The number of nitrogens with one attached hydrogen (secondary N) is 1. The number of fused-ring (bicyclic) bond motifs is 2. The molecule has 0 amide bonds. The Labute approximate surface area is 112 Å². The van der Waals surface area contributed by atoms with E-state index in [1.54, 1.807) is 42.5 Å². The summed E-state index contributed by atoms with van der Waals surface area (Å²) in [5.41, 5.74) is 2.42. The summed E-state index contributed by atoms with van der Waals surface area (Å²) in [7, 11) is 0. The van der Waals surface area contributed by atoms with Gasteiger partial charge in [0.25, 0.3) is 0 Å². The standard InChI is InChI=1S/C14H8BrNO2/c15-16-11-7-3-6-10-12(11)14(18)9-5-2-1-4-8(9)13(10)17/h1-7,16H. The molecule has 0 saturated heterocycles. The Morgan fingerprint density at radius 2 is 1.39 bits per heavy atom. The summed E-state index contributed by atoms with van der Waals surface area (Å²) in [4.78, 5) is 24.7. The van der Waals surface area contributed by atoms with Crippen molar-refractivity contribution in [2.24, 2.45) is 0 Å². The molecular formula is C14H8BrNO2. The van der Waals surface area contributed by atoms with E-state index in [0.29, 0.717) is 27.9 Å². The Balaban J connectivity index is 2.34. The zero-order chi connectivity index (χ0) is 12.7. The monoisotopic (exact) mass is 301 g/mol. The van der Waals surface area contributed by atoms with Crippen LogP contribution in [0.2, 0.25) is 0 Å². The van der Waals surface area contributed by atoms with Crippen LogP contribution in [0.4, 0.5) is 5.69 Å². The van der Waals surface area contributed by atoms with Crippen LogP contribution in [0.15, 0.2) is 42.5 Å². The molecule has 0 unspecified atom stereocenters. The van der Waals surface area contributed by atoms with Crippen molar-refractivity contribution in [3.8, 4) is 0 Å². The van der Waals surface area contributed by atoms with Gasteiger partial charge in [-0.25, -0.2) is 0 Å². The fraction of sp³-hybridized carbons (Fsp3) is 0. The minimum atomic E-state index is -0.122. The molecule has 3 nitrogen and oxygen atoms in total. The lowest BCUT2D eigenvalue weighted by molar-refractivity contribution is 0.0979. The van der Waals surface area contributed by atoms with E-state index in [0.717, 1.165) is 0 Å². The minimum Gasteiger partial charge on any atom is -0.322 e. The van der Waals surface area contributed by atoms with Crippen LogP contribution in [-0.2, 0) is 0 Å². The van der Waals surface area contributed by atoms with Crippen molar-refractivity contribution in [1.29, 1.82) is 0 Å². The number of carbonyl (C=O) groups is 2. The van der Waals surface area contributed by atoms with Crippen LogP contribution >= 0.6 is 16.1 Å². The molecule has 0 aromatic heterocycles. The summed E-state index contributed by atoms with van der Waals surface area (Å²) in [5.74, 6) is -0.229. The molecule has 2 aromatic rings. The Kier molecular flexibility index (Phi) is 2.52. The summed E-state index contributed by atoms with van der Waals surface area (Å²) in [5, 5.41) is 0. The molecule has 3 rings (SSSR count). The molecule has 0 aliphatic heterocycles. The molecule has 0 bridgehead atoms. The molecule has 2 aromatic carbocycles. The molecule has 1 N–H and O–H groups in total. The second-order valence-corrected chi connectivity index (χ2v) is 4.42. The van der Waals surface area contributed by atoms with Gasteiger partial charge in [-0.2, -0.15) is 0 Å². The van der Waals surface area contributed by atoms with Gasteiger partial charge < -0.3 is 4.34 Å². The van der Waals surface area contributed by atoms with Gasteiger partial charge in [0.1, 0.15) is 0 Å². The first-order valence-electron chi connectivity index (χ1n) is 5.42. The van der Waals surface area contributed by atoms with E-state index in [2.05, 4.69) is 20.5 Å². The van der Waals surface area contributed by atoms with E-state index in [1.807, 2.05) is 0 Å². The van der Waals surface area contributed by atoms with Gasteiger partial charge >= 0.3 is 0 Å². The highest BCUT2D eigenvalue weighted by Crippen LogP contribution is 2.32. The third-order valence-corrected chi connectivity index (χ3v) is 3.48. The maximum atomic E-state index is 12.4. The summed E-state index contributed by atoms with van der Waals surface area (Å²) in [6, 6.07) is 12.1. The highest BCUT2D eigenvalue weighted by molar-refractivity contribution is 9.10. The predicted octanol–water partition coefficient (Wildman–Crippen LogP) is 3.18. The quantitative estimate of drug-likeness (QED) is 0.702. The Morgan fingerprint density at radius 3 is 2.06 bits per heavy atom. The van der Waals surface area contributed by atoms with Crippen LogP contribution in [0.1, 0.15) is 31.8 Å². The first-order chi connectivity index (χ1) is 8.74. The maximum Gasteiger partial charge on any atom is 0.196 e. The lowest BCUT2D eigenvalue weighted by atomic mass is 9.83. The summed E-state index contributed by atoms with van der Waals surface area (Å²) in [6.45, 7) is 0. The largest absolute Gasteiger partial charge is 0.322 e. The van der Waals surface area contributed by atoms with E-state index in [1.165, 1.54) is 0 Å². The number of halogens is 1.